The summed E-state index contributed by atoms with van der Waals surface area (Å²) < 4.78 is 11.3. The fourth-order valence-corrected chi connectivity index (χ4v) is 3.72. The first-order valence-corrected chi connectivity index (χ1v) is 10.0. The Balaban J connectivity index is 1.52. The molecule has 1 aromatic carbocycles. The molecule has 1 atom stereocenters. The molecule has 6 nitrogen and oxygen atoms in total. The van der Waals surface area contributed by atoms with Gasteiger partial charge in [-0.05, 0) is 60.9 Å². The Morgan fingerprint density at radius 3 is 2.87 bits per heavy atom. The number of rotatable bonds is 5. The summed E-state index contributed by atoms with van der Waals surface area (Å²) in [6.45, 7) is 3.47. The predicted octanol–water partition coefficient (Wildman–Crippen LogP) is 3.60. The van der Waals surface area contributed by atoms with E-state index in [1.807, 2.05) is 31.2 Å². The first-order chi connectivity index (χ1) is 14.6. The van der Waals surface area contributed by atoms with E-state index in [-0.39, 0.29) is 12.0 Å². The van der Waals surface area contributed by atoms with Crippen LogP contribution >= 0.6 is 0 Å². The highest BCUT2D eigenvalue weighted by atomic mass is 16.5. The van der Waals surface area contributed by atoms with Gasteiger partial charge in [0.05, 0.1) is 26.0 Å². The summed E-state index contributed by atoms with van der Waals surface area (Å²) in [6.07, 6.45) is 2.16. The highest BCUT2D eigenvalue weighted by Gasteiger charge is 2.27. The molecule has 3 aromatic rings. The average molecular weight is 403 g/mol. The summed E-state index contributed by atoms with van der Waals surface area (Å²) in [5.74, 6) is 0.769. The molecule has 0 radical (unpaired) electrons. The van der Waals surface area contributed by atoms with Gasteiger partial charge in [0.1, 0.15) is 17.5 Å². The van der Waals surface area contributed by atoms with E-state index >= 15 is 0 Å². The van der Waals surface area contributed by atoms with Crippen molar-refractivity contribution in [3.05, 3.63) is 89.0 Å². The number of benzene rings is 1. The molecular formula is C24H25N3O3. The summed E-state index contributed by atoms with van der Waals surface area (Å²) in [5.41, 5.74) is 4.56. The molecule has 1 saturated heterocycles. The van der Waals surface area contributed by atoms with Gasteiger partial charge in [-0.2, -0.15) is 0 Å². The molecule has 30 heavy (non-hydrogen) atoms. The fraction of sp³-hybridized carbons (Fsp3) is 0.292. The standard InChI is InChI=1S/C24H25N3O3/c1-17-12-19(13-18-6-5-7-20(14-18)29-2)15-22(26-17)23-16-27(10-11-30-23)24(28)21-8-3-4-9-25-21/h3-9,12,14-15,23H,10-11,13,16H2,1-2H3/t23-/m1/s1. The Morgan fingerprint density at radius 1 is 1.17 bits per heavy atom. The number of ether oxygens (including phenoxy) is 2. The molecule has 0 N–H and O–H groups in total. The minimum atomic E-state index is -0.254. The van der Waals surface area contributed by atoms with Crippen LogP contribution in [0.15, 0.2) is 60.8 Å². The first kappa shape index (κ1) is 20.0. The van der Waals surface area contributed by atoms with Crippen molar-refractivity contribution in [2.45, 2.75) is 19.4 Å². The van der Waals surface area contributed by atoms with Crippen LogP contribution in [0.5, 0.6) is 5.75 Å². The molecule has 3 heterocycles. The lowest BCUT2D eigenvalue weighted by molar-refractivity contribution is -0.0250. The highest BCUT2D eigenvalue weighted by molar-refractivity contribution is 5.92. The SMILES string of the molecule is COc1cccc(Cc2cc(C)nc([C@H]3CN(C(=O)c4ccccn4)CCO3)c2)c1. The van der Waals surface area contributed by atoms with Crippen molar-refractivity contribution in [3.8, 4) is 5.75 Å². The van der Waals surface area contributed by atoms with E-state index in [1.54, 1.807) is 30.3 Å². The summed E-state index contributed by atoms with van der Waals surface area (Å²) >= 11 is 0. The predicted molar refractivity (Wildman–Crippen MR) is 114 cm³/mol. The Labute approximate surface area is 176 Å². The van der Waals surface area contributed by atoms with Gasteiger partial charge in [0.2, 0.25) is 0 Å². The summed E-state index contributed by atoms with van der Waals surface area (Å²) in [7, 11) is 1.67. The molecular weight excluding hydrogens is 378 g/mol. The summed E-state index contributed by atoms with van der Waals surface area (Å²) in [6, 6.07) is 17.6. The van der Waals surface area contributed by atoms with Gasteiger partial charge in [-0.1, -0.05) is 18.2 Å². The van der Waals surface area contributed by atoms with Gasteiger partial charge in [-0.15, -0.1) is 0 Å². The third-order valence-electron chi connectivity index (χ3n) is 5.14. The van der Waals surface area contributed by atoms with Gasteiger partial charge < -0.3 is 14.4 Å². The number of aryl methyl sites for hydroxylation is 1. The lowest BCUT2D eigenvalue weighted by Gasteiger charge is -2.32. The smallest absolute Gasteiger partial charge is 0.272 e. The number of carbonyl (C=O) groups excluding carboxylic acids is 1. The average Bonchev–Trinajstić information content (AvgIpc) is 2.79. The number of pyridine rings is 2. The summed E-state index contributed by atoms with van der Waals surface area (Å²) in [4.78, 5) is 23.5. The number of amides is 1. The number of morpholine rings is 1. The number of methoxy groups -OCH3 is 1. The van der Waals surface area contributed by atoms with E-state index in [0.717, 1.165) is 29.1 Å². The normalized spacial score (nSPS) is 16.3. The Hall–Kier alpha value is -3.25. The molecule has 2 aromatic heterocycles. The third-order valence-corrected chi connectivity index (χ3v) is 5.14. The second-order valence-electron chi connectivity index (χ2n) is 7.40. The van der Waals surface area contributed by atoms with Crippen LogP contribution in [0.25, 0.3) is 0 Å². The van der Waals surface area contributed by atoms with Crippen LogP contribution in [0.4, 0.5) is 0 Å². The molecule has 4 rings (SSSR count). The van der Waals surface area contributed by atoms with Crippen LogP contribution in [-0.2, 0) is 11.2 Å². The van der Waals surface area contributed by atoms with Gasteiger partial charge in [-0.25, -0.2) is 0 Å². The zero-order chi connectivity index (χ0) is 20.9. The molecule has 0 spiro atoms. The molecule has 0 saturated carbocycles. The third kappa shape index (κ3) is 4.66. The van der Waals surface area contributed by atoms with Crippen molar-refractivity contribution in [2.75, 3.05) is 26.8 Å². The lowest BCUT2D eigenvalue weighted by Crippen LogP contribution is -2.42. The minimum absolute atomic E-state index is 0.0758. The van der Waals surface area contributed by atoms with Crippen molar-refractivity contribution < 1.29 is 14.3 Å². The second kappa shape index (κ2) is 9.05. The maximum atomic E-state index is 12.8. The number of aromatic nitrogens is 2. The quantitative estimate of drug-likeness (QED) is 0.651. The van der Waals surface area contributed by atoms with Gasteiger partial charge in [0, 0.05) is 18.4 Å². The molecule has 1 amide bonds. The van der Waals surface area contributed by atoms with E-state index in [9.17, 15) is 4.79 Å². The van der Waals surface area contributed by atoms with E-state index in [1.165, 1.54) is 5.56 Å². The molecule has 0 unspecified atom stereocenters. The number of carbonyl (C=O) groups is 1. The number of nitrogens with zero attached hydrogens (tertiary/aromatic N) is 3. The molecule has 0 bridgehead atoms. The largest absolute Gasteiger partial charge is 0.497 e. The number of hydrogen-bond donors (Lipinski definition) is 0. The van der Waals surface area contributed by atoms with Crippen LogP contribution in [0.2, 0.25) is 0 Å². The van der Waals surface area contributed by atoms with E-state index < -0.39 is 0 Å². The maximum absolute atomic E-state index is 12.8. The fourth-order valence-electron chi connectivity index (χ4n) is 3.72. The molecule has 6 heteroatoms. The highest BCUT2D eigenvalue weighted by Crippen LogP contribution is 2.24. The van der Waals surface area contributed by atoms with E-state index in [2.05, 4.69) is 23.2 Å². The van der Waals surface area contributed by atoms with Gasteiger partial charge in [-0.3, -0.25) is 14.8 Å². The Kier molecular flexibility index (Phi) is 6.05. The molecule has 0 aliphatic carbocycles. The van der Waals surface area contributed by atoms with E-state index in [0.29, 0.717) is 25.4 Å². The zero-order valence-corrected chi connectivity index (χ0v) is 17.2. The van der Waals surface area contributed by atoms with Crippen LogP contribution in [0.3, 0.4) is 0 Å². The Bertz CT molecular complexity index is 1020. The first-order valence-electron chi connectivity index (χ1n) is 10.0. The molecule has 154 valence electrons. The van der Waals surface area contributed by atoms with E-state index in [4.69, 9.17) is 14.5 Å². The summed E-state index contributed by atoms with van der Waals surface area (Å²) in [5, 5.41) is 0. The van der Waals surface area contributed by atoms with Crippen molar-refractivity contribution in [3.63, 3.8) is 0 Å². The topological polar surface area (TPSA) is 64.5 Å². The van der Waals surface area contributed by atoms with Gasteiger partial charge in [0.25, 0.3) is 5.91 Å². The van der Waals surface area contributed by atoms with Crippen molar-refractivity contribution in [2.24, 2.45) is 0 Å². The van der Waals surface area contributed by atoms with Crippen molar-refractivity contribution in [1.82, 2.24) is 14.9 Å². The van der Waals surface area contributed by atoms with Crippen LogP contribution in [0.1, 0.15) is 39.1 Å². The Morgan fingerprint density at radius 2 is 2.07 bits per heavy atom. The lowest BCUT2D eigenvalue weighted by atomic mass is 10.0. The molecule has 1 fully saturated rings. The monoisotopic (exact) mass is 403 g/mol. The van der Waals surface area contributed by atoms with Gasteiger partial charge in [0.15, 0.2) is 0 Å². The maximum Gasteiger partial charge on any atom is 0.272 e. The number of hydrogen-bond acceptors (Lipinski definition) is 5. The van der Waals surface area contributed by atoms with Crippen LogP contribution < -0.4 is 4.74 Å². The van der Waals surface area contributed by atoms with Crippen LogP contribution in [0, 0.1) is 6.92 Å². The minimum Gasteiger partial charge on any atom is -0.497 e. The van der Waals surface area contributed by atoms with Crippen LogP contribution in [-0.4, -0.2) is 47.6 Å². The molecule has 1 aliphatic heterocycles. The second-order valence-corrected chi connectivity index (χ2v) is 7.40. The van der Waals surface area contributed by atoms with Crippen molar-refractivity contribution in [1.29, 1.82) is 0 Å². The zero-order valence-electron chi connectivity index (χ0n) is 17.2. The molecule has 1 aliphatic rings. The van der Waals surface area contributed by atoms with Gasteiger partial charge >= 0.3 is 0 Å². The van der Waals surface area contributed by atoms with Crippen molar-refractivity contribution >= 4 is 5.91 Å².